The van der Waals surface area contributed by atoms with Gasteiger partial charge in [-0.2, -0.15) is 5.10 Å². The number of aromatic nitrogens is 3. The summed E-state index contributed by atoms with van der Waals surface area (Å²) in [6, 6.07) is 17.8. The number of carbonyl (C=O) groups is 1. The van der Waals surface area contributed by atoms with E-state index in [1.807, 2.05) is 47.4 Å². The van der Waals surface area contributed by atoms with Gasteiger partial charge in [-0.25, -0.2) is 9.67 Å². The van der Waals surface area contributed by atoms with E-state index in [0.717, 1.165) is 31.9 Å². The number of para-hydroxylation sites is 1. The van der Waals surface area contributed by atoms with Crippen LogP contribution in [0.5, 0.6) is 0 Å². The molecule has 0 bridgehead atoms. The van der Waals surface area contributed by atoms with Crippen LogP contribution >= 0.6 is 0 Å². The smallest absolute Gasteiger partial charge is 0.253 e. The number of benzene rings is 2. The minimum absolute atomic E-state index is 0.0813. The summed E-state index contributed by atoms with van der Waals surface area (Å²) in [5.74, 6) is 0.0813. The first-order valence-corrected chi connectivity index (χ1v) is 8.35. The van der Waals surface area contributed by atoms with Crippen molar-refractivity contribution in [2.24, 2.45) is 0 Å². The molecule has 0 radical (unpaired) electrons. The van der Waals surface area contributed by atoms with Crippen molar-refractivity contribution in [1.29, 1.82) is 0 Å². The molecule has 4 rings (SSSR count). The first-order chi connectivity index (χ1) is 12.3. The van der Waals surface area contributed by atoms with Gasteiger partial charge in [0, 0.05) is 37.4 Å². The zero-order valence-corrected chi connectivity index (χ0v) is 13.8. The molecule has 1 fully saturated rings. The van der Waals surface area contributed by atoms with Gasteiger partial charge >= 0.3 is 0 Å². The summed E-state index contributed by atoms with van der Waals surface area (Å²) in [4.78, 5) is 20.9. The molecule has 0 unspecified atom stereocenters. The molecule has 25 heavy (non-hydrogen) atoms. The Morgan fingerprint density at radius 2 is 1.56 bits per heavy atom. The molecule has 1 aliphatic rings. The molecule has 1 saturated heterocycles. The van der Waals surface area contributed by atoms with Crippen LogP contribution in [0, 0.1) is 0 Å². The molecule has 126 valence electrons. The fourth-order valence-electron chi connectivity index (χ4n) is 3.09. The van der Waals surface area contributed by atoms with E-state index in [0.29, 0.717) is 5.56 Å². The summed E-state index contributed by atoms with van der Waals surface area (Å²) in [5.41, 5.74) is 2.81. The van der Waals surface area contributed by atoms with Crippen molar-refractivity contribution in [3.63, 3.8) is 0 Å². The van der Waals surface area contributed by atoms with Gasteiger partial charge < -0.3 is 9.80 Å². The molecular formula is C19H19N5O. The van der Waals surface area contributed by atoms with Gasteiger partial charge in [0.15, 0.2) is 0 Å². The Hall–Kier alpha value is -3.15. The first-order valence-electron chi connectivity index (χ1n) is 8.35. The predicted molar refractivity (Wildman–Crippen MR) is 95.9 cm³/mol. The number of anilines is 1. The van der Waals surface area contributed by atoms with E-state index in [2.05, 4.69) is 27.1 Å². The second-order valence-corrected chi connectivity index (χ2v) is 6.00. The van der Waals surface area contributed by atoms with Gasteiger partial charge in [0.25, 0.3) is 5.91 Å². The number of rotatable bonds is 3. The first kappa shape index (κ1) is 15.4. The third kappa shape index (κ3) is 3.24. The van der Waals surface area contributed by atoms with Gasteiger partial charge in [-0.05, 0) is 36.4 Å². The molecule has 0 saturated carbocycles. The second kappa shape index (κ2) is 6.76. The summed E-state index contributed by atoms with van der Waals surface area (Å²) >= 11 is 0. The predicted octanol–water partition coefficient (Wildman–Crippen LogP) is 2.23. The SMILES string of the molecule is O=C(c1ccc(-n2cncn2)cc1)N1CCN(c2ccccc2)CC1. The summed E-state index contributed by atoms with van der Waals surface area (Å²) < 4.78 is 1.67. The summed E-state index contributed by atoms with van der Waals surface area (Å²) in [7, 11) is 0. The van der Waals surface area contributed by atoms with Crippen LogP contribution < -0.4 is 4.90 Å². The minimum Gasteiger partial charge on any atom is -0.368 e. The van der Waals surface area contributed by atoms with Gasteiger partial charge in [-0.3, -0.25) is 4.79 Å². The average Bonchev–Trinajstić information content (AvgIpc) is 3.23. The standard InChI is InChI=1S/C19H19N5O/c25-19(16-6-8-18(9-7-16)24-15-20-14-21-24)23-12-10-22(11-13-23)17-4-2-1-3-5-17/h1-9,14-15H,10-13H2. The van der Waals surface area contributed by atoms with Crippen LogP contribution in [0.3, 0.4) is 0 Å². The lowest BCUT2D eigenvalue weighted by atomic mass is 10.1. The highest BCUT2D eigenvalue weighted by Gasteiger charge is 2.22. The van der Waals surface area contributed by atoms with Crippen molar-refractivity contribution in [2.75, 3.05) is 31.1 Å². The van der Waals surface area contributed by atoms with E-state index >= 15 is 0 Å². The number of carbonyl (C=O) groups excluding carboxylic acids is 1. The molecule has 0 atom stereocenters. The number of amides is 1. The van der Waals surface area contributed by atoms with Crippen LogP contribution in [-0.4, -0.2) is 51.8 Å². The van der Waals surface area contributed by atoms with E-state index < -0.39 is 0 Å². The summed E-state index contributed by atoms with van der Waals surface area (Å²) in [6.45, 7) is 3.18. The van der Waals surface area contributed by atoms with E-state index in [4.69, 9.17) is 0 Å². The lowest BCUT2D eigenvalue weighted by Crippen LogP contribution is -2.48. The number of hydrogen-bond acceptors (Lipinski definition) is 4. The Morgan fingerprint density at radius 1 is 0.840 bits per heavy atom. The van der Waals surface area contributed by atoms with Crippen LogP contribution in [0.2, 0.25) is 0 Å². The maximum Gasteiger partial charge on any atom is 0.253 e. The molecule has 2 aromatic carbocycles. The molecule has 0 spiro atoms. The van der Waals surface area contributed by atoms with Crippen LogP contribution in [0.4, 0.5) is 5.69 Å². The topological polar surface area (TPSA) is 54.3 Å². The third-order valence-corrected chi connectivity index (χ3v) is 4.49. The quantitative estimate of drug-likeness (QED) is 0.737. The van der Waals surface area contributed by atoms with Crippen molar-refractivity contribution >= 4 is 11.6 Å². The average molecular weight is 333 g/mol. The fraction of sp³-hybridized carbons (Fsp3) is 0.211. The molecule has 1 amide bonds. The highest BCUT2D eigenvalue weighted by molar-refractivity contribution is 5.94. The second-order valence-electron chi connectivity index (χ2n) is 6.00. The van der Waals surface area contributed by atoms with Gasteiger partial charge in [-0.15, -0.1) is 0 Å². The Balaban J connectivity index is 1.40. The zero-order valence-electron chi connectivity index (χ0n) is 13.8. The molecule has 6 heteroatoms. The van der Waals surface area contributed by atoms with E-state index in [-0.39, 0.29) is 5.91 Å². The van der Waals surface area contributed by atoms with E-state index in [1.54, 1.807) is 11.0 Å². The van der Waals surface area contributed by atoms with Gasteiger partial charge in [-0.1, -0.05) is 18.2 Å². The van der Waals surface area contributed by atoms with Crippen molar-refractivity contribution in [2.45, 2.75) is 0 Å². The fourth-order valence-corrected chi connectivity index (χ4v) is 3.09. The number of piperazine rings is 1. The minimum atomic E-state index is 0.0813. The molecule has 1 aromatic heterocycles. The lowest BCUT2D eigenvalue weighted by Gasteiger charge is -2.36. The number of hydrogen-bond donors (Lipinski definition) is 0. The van der Waals surface area contributed by atoms with E-state index in [9.17, 15) is 4.79 Å². The summed E-state index contributed by atoms with van der Waals surface area (Å²) in [5, 5.41) is 4.09. The van der Waals surface area contributed by atoms with Gasteiger partial charge in [0.1, 0.15) is 12.7 Å². The zero-order chi connectivity index (χ0) is 17.1. The maximum absolute atomic E-state index is 12.7. The van der Waals surface area contributed by atoms with Crippen molar-refractivity contribution in [1.82, 2.24) is 19.7 Å². The molecular weight excluding hydrogens is 314 g/mol. The molecule has 3 aromatic rings. The van der Waals surface area contributed by atoms with Crippen molar-refractivity contribution < 1.29 is 4.79 Å². The Kier molecular flexibility index (Phi) is 4.16. The molecule has 2 heterocycles. The molecule has 1 aliphatic heterocycles. The largest absolute Gasteiger partial charge is 0.368 e. The third-order valence-electron chi connectivity index (χ3n) is 4.49. The van der Waals surface area contributed by atoms with Crippen LogP contribution in [0.25, 0.3) is 5.69 Å². The van der Waals surface area contributed by atoms with Crippen LogP contribution in [-0.2, 0) is 0 Å². The van der Waals surface area contributed by atoms with Gasteiger partial charge in [0.2, 0.25) is 0 Å². The van der Waals surface area contributed by atoms with Crippen LogP contribution in [0.1, 0.15) is 10.4 Å². The summed E-state index contributed by atoms with van der Waals surface area (Å²) in [6.07, 6.45) is 3.13. The van der Waals surface area contributed by atoms with E-state index in [1.165, 1.54) is 12.0 Å². The van der Waals surface area contributed by atoms with Gasteiger partial charge in [0.05, 0.1) is 5.69 Å². The number of nitrogens with zero attached hydrogens (tertiary/aromatic N) is 5. The lowest BCUT2D eigenvalue weighted by molar-refractivity contribution is 0.0747. The molecule has 6 nitrogen and oxygen atoms in total. The molecule has 0 aliphatic carbocycles. The Morgan fingerprint density at radius 3 is 2.20 bits per heavy atom. The maximum atomic E-state index is 12.7. The highest BCUT2D eigenvalue weighted by Crippen LogP contribution is 2.17. The normalized spacial score (nSPS) is 14.6. The van der Waals surface area contributed by atoms with Crippen molar-refractivity contribution in [3.05, 3.63) is 72.8 Å². The molecule has 0 N–H and O–H groups in total. The Labute approximate surface area is 146 Å². The highest BCUT2D eigenvalue weighted by atomic mass is 16.2. The monoisotopic (exact) mass is 333 g/mol. The van der Waals surface area contributed by atoms with Crippen LogP contribution in [0.15, 0.2) is 67.3 Å². The van der Waals surface area contributed by atoms with Crippen molar-refractivity contribution in [3.8, 4) is 5.69 Å². The Bertz CT molecular complexity index is 822.